The van der Waals surface area contributed by atoms with Crippen LogP contribution in [0.1, 0.15) is 143 Å². The molecule has 716 valence electrons. The first-order valence-electron chi connectivity index (χ1n) is 64.3. The Morgan fingerprint density at radius 3 is 0.858 bits per heavy atom. The lowest BCUT2D eigenvalue weighted by Gasteiger charge is -2.35. The molecule has 6 heterocycles. The topological polar surface area (TPSA) is 11.6 Å². The van der Waals surface area contributed by atoms with Gasteiger partial charge in [-0.05, 0) is 233 Å². The predicted octanol–water partition coefficient (Wildman–Crippen LogP) is 18.8. The third-order valence-electron chi connectivity index (χ3n) is 31.4. The number of nitrogens with zero attached hydrogens (tertiary/aromatic N) is 3. The summed E-state index contributed by atoms with van der Waals surface area (Å²) in [4.78, 5) is 0. The van der Waals surface area contributed by atoms with Crippen LogP contribution in [0.2, 0.25) is 0 Å². The van der Waals surface area contributed by atoms with E-state index in [-0.39, 0.29) is 22.3 Å². The lowest BCUT2D eigenvalue weighted by Crippen LogP contribution is -2.75. The van der Waals surface area contributed by atoms with Gasteiger partial charge in [0.2, 0.25) is 57.4 Å². The van der Waals surface area contributed by atoms with Gasteiger partial charge in [-0.25, -0.2) is 13.7 Å². The Balaban J connectivity index is 0.000000149. The minimum Gasteiger partial charge on any atom is -0.201 e. The second-order valence-electron chi connectivity index (χ2n) is 40.6. The molecule has 3 aromatic heterocycles. The van der Waals surface area contributed by atoms with Crippen molar-refractivity contribution in [2.75, 3.05) is 0 Å². The van der Waals surface area contributed by atoms with Gasteiger partial charge < -0.3 is 0 Å². The molecule has 0 radical (unpaired) electrons. The first kappa shape index (κ1) is 71.2. The number of aryl methyl sites for hydroxylation is 22. The van der Waals surface area contributed by atoms with Gasteiger partial charge in [0, 0.05) is 88.6 Å². The van der Waals surface area contributed by atoms with Crippen molar-refractivity contribution in [2.45, 2.75) is 131 Å². The van der Waals surface area contributed by atoms with Crippen LogP contribution in [-0.4, -0.2) is 40.3 Å². The first-order chi connectivity index (χ1) is 82.4. The van der Waals surface area contributed by atoms with Crippen molar-refractivity contribution in [3.05, 3.63) is 494 Å². The molecule has 0 saturated heterocycles. The lowest BCUT2D eigenvalue weighted by atomic mass is 9.20. The summed E-state index contributed by atoms with van der Waals surface area (Å²) in [6.45, 7) is -4.08. The highest BCUT2D eigenvalue weighted by molar-refractivity contribution is 7.13. The summed E-state index contributed by atoms with van der Waals surface area (Å²) in [6.07, 6.45) is 5.05. The molecule has 0 unspecified atom stereocenters. The number of rotatable bonds is 14. The molecule has 23 rings (SSSR count). The van der Waals surface area contributed by atoms with Crippen LogP contribution in [0.4, 0.5) is 0 Å². The van der Waals surface area contributed by atoms with Crippen LogP contribution in [0, 0.1) is 131 Å². The summed E-state index contributed by atoms with van der Waals surface area (Å²) in [5, 5.41) is 0. The van der Waals surface area contributed by atoms with Crippen molar-refractivity contribution in [1.29, 1.82) is 0 Å². The predicted molar refractivity (Wildman–Crippen MR) is 642 cm³/mol. The van der Waals surface area contributed by atoms with Crippen LogP contribution < -0.4 is 112 Å². The molecule has 3 aliphatic rings. The molecule has 0 N–H and O–H groups in total. The zero-order chi connectivity index (χ0) is 126. The van der Waals surface area contributed by atoms with E-state index in [4.69, 9.17) is 37.0 Å². The summed E-state index contributed by atoms with van der Waals surface area (Å²) >= 11 is 0. The van der Waals surface area contributed by atoms with E-state index in [1.54, 1.807) is 85.3 Å². The highest BCUT2D eigenvalue weighted by Gasteiger charge is 2.45. The van der Waals surface area contributed by atoms with Crippen molar-refractivity contribution >= 4 is 139 Å². The summed E-state index contributed by atoms with van der Waals surface area (Å²) < 4.78 is 235. The van der Waals surface area contributed by atoms with Gasteiger partial charge in [-0.1, -0.05) is 493 Å². The first-order valence-corrected chi connectivity index (χ1v) is 50.8. The van der Waals surface area contributed by atoms with Gasteiger partial charge in [0.1, 0.15) is 21.1 Å². The monoisotopic (exact) mass is 1930 g/mol. The van der Waals surface area contributed by atoms with E-state index < -0.39 is 102 Å². The average molecular weight is 1930 g/mol. The highest BCUT2D eigenvalue weighted by atomic mass is 14.9. The second-order valence-corrected chi connectivity index (χ2v) is 40.6. The van der Waals surface area contributed by atoms with E-state index in [9.17, 15) is 0 Å². The molecule has 0 bridgehead atoms. The Hall–Kier alpha value is -15.4. The van der Waals surface area contributed by atoms with Crippen molar-refractivity contribution < 1.29 is 50.7 Å². The third kappa shape index (κ3) is 18.3. The van der Waals surface area contributed by atoms with Crippen LogP contribution in [0.5, 0.6) is 0 Å². The van der Waals surface area contributed by atoms with E-state index in [2.05, 4.69) is 133 Å². The second kappa shape index (κ2) is 40.8. The van der Waals surface area contributed by atoms with Crippen LogP contribution in [-0.2, 0) is 21.1 Å². The zero-order valence-corrected chi connectivity index (χ0v) is 85.8. The molecule has 17 aromatic carbocycles. The lowest BCUT2D eigenvalue weighted by molar-refractivity contribution is -0.660. The van der Waals surface area contributed by atoms with E-state index in [1.807, 2.05) is 274 Å². The number of hydrogen-bond acceptors (Lipinski definition) is 0. The molecule has 20 aromatic rings. The summed E-state index contributed by atoms with van der Waals surface area (Å²) in [7, 11) is 5.59. The summed E-state index contributed by atoms with van der Waals surface area (Å²) in [6, 6.07) is 120. The highest BCUT2D eigenvalue weighted by Crippen LogP contribution is 2.35. The Morgan fingerprint density at radius 2 is 0.453 bits per heavy atom. The van der Waals surface area contributed by atoms with E-state index in [1.165, 1.54) is 0 Å². The fraction of sp³-hybridized carbons (Fsp3) is 0.158. The minimum absolute atomic E-state index is 0.253. The number of fused-ring (bicyclic) bond motifs is 6. The van der Waals surface area contributed by atoms with Crippen molar-refractivity contribution in [1.82, 2.24) is 0 Å². The Labute approximate surface area is 920 Å². The van der Waals surface area contributed by atoms with Crippen molar-refractivity contribution in [3.63, 3.8) is 0 Å². The summed E-state index contributed by atoms with van der Waals surface area (Å²) in [5.74, 6) is 0. The molecular formula is C139H130B6N3+3. The number of hydrogen-bond donors (Lipinski definition) is 0. The molecular weight excluding hydrogens is 1780 g/mol. The Kier molecular flexibility index (Phi) is 19.6. The number of aromatic nitrogens is 3. The molecule has 3 aliphatic heterocycles. The molecule has 148 heavy (non-hydrogen) atoms. The molecule has 0 saturated carbocycles. The average Bonchev–Trinajstić information content (AvgIpc) is 0.718. The maximum absolute atomic E-state index is 8.94. The van der Waals surface area contributed by atoms with Crippen molar-refractivity contribution in [3.8, 4) is 89.4 Å². The maximum Gasteiger partial charge on any atom is 0.240 e. The Morgan fingerprint density at radius 1 is 0.155 bits per heavy atom. The molecule has 0 spiro atoms. The standard InChI is InChI=1S/C54H48B2N.C43H42B2N.C42H40B2N/c1-35-16-11-12-21-46(35)52-33-47(40(6)34-57(52)7)43-26-24-42(25-27-43)44-28-29-50-51(32-44)56(53-36(2)17-15-18-37(53)3)49-23-14-13-22-48(49)55(50)54-38(4)30-45(31-39(54)5)41-19-9-8-10-20-41;1-27-19-20-34(24-36(27)41-23-32(6)33(7)26-46(41)8)35-21-22-39-40(25-35)45(43-30(4)15-12-16-31(43)5)38-18-10-9-17-37(38)44(39)42-28(2)13-11-14-29(42)3;1-27-18-23-40(45(7)26-27)35-24-33(20-19-28(35)2)34-21-22-38-39(25-34)44(42-31(5)14-11-15-32(42)6)37-17-9-8-16-36(37)43(38)41-29(3)12-10-13-30(41)4/h8-34H,1-7H3;9-26H,1-8H3;8-26H,1-7H3/q3*+1/i2D3,4D3,6D3;2D3,4D3,7D3;1D3,3D3,5D3. The van der Waals surface area contributed by atoms with E-state index >= 15 is 0 Å². The SMILES string of the molecule is [2H]C([2H])([2H])c1c[n+](C)c(-c2cc(-c3ccc4c(c3)B(c3c(C)cccc3C([2H])([2H])[2H])c3ccccc3B4c3c(C)cccc3C([2H])([2H])[2H])ccc2C)cc1C.[2H]C([2H])([2H])c1c[n+](C)c(-c2ccccc2C)cc1-c1ccc(-c2ccc3c(c2)B(c2c(C)cccc2C([2H])([2H])[2H])c2ccccc2B3c2c(C)cc(-c3ccccc3)cc2C([2H])([2H])[2H])cc1.[2H]C([2H])([2H])c1ccc(-c2cc(-c3ccc4c(c3)B(c3c(C)cccc3C([2H])([2H])[2H])c3ccccc3B4c3c(C)cccc3C([2H])([2H])[2H])ccc2C)[n+](C)c1. The van der Waals surface area contributed by atoms with Crippen LogP contribution >= 0.6 is 0 Å². The van der Waals surface area contributed by atoms with Gasteiger partial charge >= 0.3 is 0 Å². The maximum atomic E-state index is 8.94. The summed E-state index contributed by atoms with van der Waals surface area (Å²) in [5.41, 5.74) is 41.3. The van der Waals surface area contributed by atoms with Crippen LogP contribution in [0.3, 0.4) is 0 Å². The largest absolute Gasteiger partial charge is 0.240 e. The van der Waals surface area contributed by atoms with E-state index in [0.29, 0.717) is 49.9 Å². The zero-order valence-electron chi connectivity index (χ0n) is 113. The molecule has 0 atom stereocenters. The fourth-order valence-corrected chi connectivity index (χ4v) is 24.0. The van der Waals surface area contributed by atoms with E-state index in [0.717, 1.165) is 221 Å². The van der Waals surface area contributed by atoms with Gasteiger partial charge in [0.25, 0.3) is 0 Å². The molecule has 0 amide bonds. The minimum atomic E-state index is -2.45. The Bertz CT molecular complexity index is 9820. The molecule has 9 heteroatoms. The smallest absolute Gasteiger partial charge is 0.201 e. The molecule has 3 nitrogen and oxygen atoms in total. The van der Waals surface area contributed by atoms with Gasteiger partial charge in [-0.15, -0.1) is 0 Å². The van der Waals surface area contributed by atoms with Gasteiger partial charge in [0.15, 0.2) is 18.6 Å². The normalized spacial score (nSPS) is 15.6. The van der Waals surface area contributed by atoms with Crippen LogP contribution in [0.15, 0.2) is 389 Å². The van der Waals surface area contributed by atoms with Gasteiger partial charge in [-0.2, -0.15) is 0 Å². The van der Waals surface area contributed by atoms with Gasteiger partial charge in [0.05, 0.1) is 0 Å². The fourth-order valence-electron chi connectivity index (χ4n) is 24.0. The van der Waals surface area contributed by atoms with Crippen LogP contribution in [0.25, 0.3) is 89.4 Å². The van der Waals surface area contributed by atoms with Gasteiger partial charge in [-0.3, -0.25) is 0 Å². The molecule has 0 fully saturated rings. The number of benzene rings is 17. The third-order valence-corrected chi connectivity index (χ3v) is 31.4. The quantitative estimate of drug-likeness (QED) is 0.0760. The molecule has 0 aliphatic carbocycles. The van der Waals surface area contributed by atoms with Crippen molar-refractivity contribution in [2.24, 2.45) is 21.1 Å². The number of pyridine rings is 3.